The molecule has 0 saturated heterocycles. The predicted octanol–water partition coefficient (Wildman–Crippen LogP) is 2.50. The molecule has 0 saturated carbocycles. The molecule has 96 valence electrons. The Kier molecular flexibility index (Phi) is 3.67. The fourth-order valence-corrected chi connectivity index (χ4v) is 2.16. The van der Waals surface area contributed by atoms with Crippen LogP contribution in [0.1, 0.15) is 31.3 Å². The van der Waals surface area contributed by atoms with E-state index < -0.39 is 6.10 Å². The first-order valence-electron chi connectivity index (χ1n) is 6.06. The summed E-state index contributed by atoms with van der Waals surface area (Å²) < 4.78 is 7.32. The van der Waals surface area contributed by atoms with E-state index in [2.05, 4.69) is 11.9 Å². The van der Waals surface area contributed by atoms with E-state index in [-0.39, 0.29) is 0 Å². The Morgan fingerprint density at radius 3 is 2.83 bits per heavy atom. The molecule has 2 aromatic rings. The summed E-state index contributed by atoms with van der Waals surface area (Å²) in [5, 5.41) is 9.97. The van der Waals surface area contributed by atoms with Crippen LogP contribution >= 0.6 is 0 Å². The monoisotopic (exact) mass is 246 g/mol. The SMILES string of the molecule is CCc1nccn1-c1cccc(OC)c1[C@H](C)O. The molecule has 1 heterocycles. The van der Waals surface area contributed by atoms with Gasteiger partial charge >= 0.3 is 0 Å². The summed E-state index contributed by atoms with van der Waals surface area (Å²) in [5.41, 5.74) is 1.70. The summed E-state index contributed by atoms with van der Waals surface area (Å²) in [6.07, 6.45) is 3.91. The fraction of sp³-hybridized carbons (Fsp3) is 0.357. The number of hydrogen-bond acceptors (Lipinski definition) is 3. The van der Waals surface area contributed by atoms with E-state index in [0.717, 1.165) is 23.5 Å². The van der Waals surface area contributed by atoms with E-state index in [0.29, 0.717) is 5.75 Å². The van der Waals surface area contributed by atoms with Gasteiger partial charge in [-0.3, -0.25) is 0 Å². The number of ether oxygens (including phenoxy) is 1. The van der Waals surface area contributed by atoms with Gasteiger partial charge in [-0.15, -0.1) is 0 Å². The second-order valence-electron chi connectivity index (χ2n) is 4.14. The molecule has 0 spiro atoms. The average Bonchev–Trinajstić information content (AvgIpc) is 2.85. The summed E-state index contributed by atoms with van der Waals surface area (Å²) >= 11 is 0. The molecule has 0 aliphatic rings. The van der Waals surface area contributed by atoms with Gasteiger partial charge in [-0.05, 0) is 19.1 Å². The third-order valence-electron chi connectivity index (χ3n) is 2.97. The normalized spacial score (nSPS) is 12.4. The van der Waals surface area contributed by atoms with Crippen LogP contribution < -0.4 is 4.74 Å². The van der Waals surface area contributed by atoms with Gasteiger partial charge < -0.3 is 14.4 Å². The van der Waals surface area contributed by atoms with E-state index in [1.165, 1.54) is 0 Å². The van der Waals surface area contributed by atoms with Crippen LogP contribution in [0.4, 0.5) is 0 Å². The van der Waals surface area contributed by atoms with Crippen LogP contribution in [0.15, 0.2) is 30.6 Å². The van der Waals surface area contributed by atoms with Crippen LogP contribution in [0.25, 0.3) is 5.69 Å². The number of imidazole rings is 1. The van der Waals surface area contributed by atoms with Crippen LogP contribution in [0.2, 0.25) is 0 Å². The first kappa shape index (κ1) is 12.6. The summed E-state index contributed by atoms with van der Waals surface area (Å²) in [6.45, 7) is 3.80. The van der Waals surface area contributed by atoms with Crippen molar-refractivity contribution in [1.82, 2.24) is 9.55 Å². The smallest absolute Gasteiger partial charge is 0.126 e. The van der Waals surface area contributed by atoms with Crippen molar-refractivity contribution in [3.8, 4) is 11.4 Å². The Balaban J connectivity index is 2.64. The first-order valence-corrected chi connectivity index (χ1v) is 6.06. The minimum Gasteiger partial charge on any atom is -0.496 e. The van der Waals surface area contributed by atoms with Crippen molar-refractivity contribution < 1.29 is 9.84 Å². The number of nitrogens with zero attached hydrogens (tertiary/aromatic N) is 2. The van der Waals surface area contributed by atoms with Crippen molar-refractivity contribution in [2.45, 2.75) is 26.4 Å². The van der Waals surface area contributed by atoms with Crippen molar-refractivity contribution in [2.75, 3.05) is 7.11 Å². The Labute approximate surface area is 107 Å². The van der Waals surface area contributed by atoms with E-state index in [1.54, 1.807) is 20.2 Å². The first-order chi connectivity index (χ1) is 8.69. The zero-order chi connectivity index (χ0) is 13.1. The molecule has 0 aliphatic heterocycles. The minimum atomic E-state index is -0.594. The third kappa shape index (κ3) is 2.11. The molecule has 4 nitrogen and oxygen atoms in total. The van der Waals surface area contributed by atoms with Gasteiger partial charge in [-0.25, -0.2) is 4.98 Å². The molecule has 0 amide bonds. The predicted molar refractivity (Wildman–Crippen MR) is 70.1 cm³/mol. The third-order valence-corrected chi connectivity index (χ3v) is 2.97. The van der Waals surface area contributed by atoms with Crippen LogP contribution in [0, 0.1) is 0 Å². The Morgan fingerprint density at radius 1 is 1.44 bits per heavy atom. The highest BCUT2D eigenvalue weighted by Crippen LogP contribution is 2.31. The molecule has 4 heteroatoms. The zero-order valence-corrected chi connectivity index (χ0v) is 10.9. The van der Waals surface area contributed by atoms with Gasteiger partial charge in [0.2, 0.25) is 0 Å². The maximum atomic E-state index is 9.97. The lowest BCUT2D eigenvalue weighted by Gasteiger charge is -2.17. The lowest BCUT2D eigenvalue weighted by Crippen LogP contribution is -2.07. The molecule has 1 atom stereocenters. The maximum absolute atomic E-state index is 9.97. The van der Waals surface area contributed by atoms with Gasteiger partial charge in [-0.2, -0.15) is 0 Å². The number of methoxy groups -OCH3 is 1. The lowest BCUT2D eigenvalue weighted by molar-refractivity contribution is 0.194. The number of hydrogen-bond donors (Lipinski definition) is 1. The van der Waals surface area contributed by atoms with Gasteiger partial charge in [0.25, 0.3) is 0 Å². The molecule has 0 fully saturated rings. The summed E-state index contributed by atoms with van der Waals surface area (Å²) in [6, 6.07) is 5.74. The van der Waals surface area contributed by atoms with E-state index in [4.69, 9.17) is 4.74 Å². The second-order valence-corrected chi connectivity index (χ2v) is 4.14. The number of aliphatic hydroxyl groups is 1. The summed E-state index contributed by atoms with van der Waals surface area (Å²) in [7, 11) is 1.61. The molecule has 1 aromatic heterocycles. The molecule has 1 N–H and O–H groups in total. The number of aromatic nitrogens is 2. The van der Waals surface area contributed by atoms with Gasteiger partial charge in [0.1, 0.15) is 11.6 Å². The largest absolute Gasteiger partial charge is 0.496 e. The van der Waals surface area contributed by atoms with Crippen LogP contribution in [0.3, 0.4) is 0 Å². The number of rotatable bonds is 4. The highest BCUT2D eigenvalue weighted by molar-refractivity contribution is 5.51. The highest BCUT2D eigenvalue weighted by Gasteiger charge is 2.16. The highest BCUT2D eigenvalue weighted by atomic mass is 16.5. The zero-order valence-electron chi connectivity index (χ0n) is 10.9. The summed E-state index contributed by atoms with van der Waals surface area (Å²) in [4.78, 5) is 4.31. The van der Waals surface area contributed by atoms with Crippen molar-refractivity contribution in [3.05, 3.63) is 42.0 Å². The van der Waals surface area contributed by atoms with E-state index in [1.807, 2.05) is 29.0 Å². The molecule has 0 unspecified atom stereocenters. The Morgan fingerprint density at radius 2 is 2.22 bits per heavy atom. The Bertz CT molecular complexity index is 532. The molecule has 18 heavy (non-hydrogen) atoms. The van der Waals surface area contributed by atoms with Gasteiger partial charge in [0.15, 0.2) is 0 Å². The van der Waals surface area contributed by atoms with E-state index >= 15 is 0 Å². The van der Waals surface area contributed by atoms with Crippen LogP contribution in [-0.2, 0) is 6.42 Å². The molecular formula is C14H18N2O2. The molecular weight excluding hydrogens is 228 g/mol. The second kappa shape index (κ2) is 5.23. The molecule has 1 aromatic carbocycles. The van der Waals surface area contributed by atoms with Gasteiger partial charge in [0, 0.05) is 24.4 Å². The van der Waals surface area contributed by atoms with Crippen LogP contribution in [0.5, 0.6) is 5.75 Å². The number of benzene rings is 1. The Hall–Kier alpha value is -1.81. The van der Waals surface area contributed by atoms with Crippen molar-refractivity contribution in [3.63, 3.8) is 0 Å². The van der Waals surface area contributed by atoms with E-state index in [9.17, 15) is 5.11 Å². The quantitative estimate of drug-likeness (QED) is 0.901. The number of aliphatic hydroxyl groups excluding tert-OH is 1. The van der Waals surface area contributed by atoms with Crippen molar-refractivity contribution >= 4 is 0 Å². The van der Waals surface area contributed by atoms with Gasteiger partial charge in [-0.1, -0.05) is 13.0 Å². The topological polar surface area (TPSA) is 47.3 Å². The summed E-state index contributed by atoms with van der Waals surface area (Å²) in [5.74, 6) is 1.66. The standard InChI is InChI=1S/C14H18N2O2/c1-4-13-15-8-9-16(13)11-6-5-7-12(18-3)14(11)10(2)17/h5-10,17H,4H2,1-3H3/t10-/m0/s1. The van der Waals surface area contributed by atoms with Crippen molar-refractivity contribution in [1.29, 1.82) is 0 Å². The fourth-order valence-electron chi connectivity index (χ4n) is 2.16. The minimum absolute atomic E-state index is 0.594. The number of aryl methyl sites for hydroxylation is 1. The molecule has 2 rings (SSSR count). The van der Waals surface area contributed by atoms with Crippen LogP contribution in [-0.4, -0.2) is 21.8 Å². The van der Waals surface area contributed by atoms with Gasteiger partial charge in [0.05, 0.1) is 18.9 Å². The molecule has 0 aliphatic carbocycles. The maximum Gasteiger partial charge on any atom is 0.126 e. The average molecular weight is 246 g/mol. The van der Waals surface area contributed by atoms with Crippen molar-refractivity contribution in [2.24, 2.45) is 0 Å². The lowest BCUT2D eigenvalue weighted by atomic mass is 10.1. The molecule has 0 bridgehead atoms. The molecule has 0 radical (unpaired) electrons.